The zero-order valence-corrected chi connectivity index (χ0v) is 12.4. The van der Waals surface area contributed by atoms with Gasteiger partial charge in [-0.1, -0.05) is 0 Å². The van der Waals surface area contributed by atoms with Crippen molar-refractivity contribution in [3.8, 4) is 0 Å². The average molecular weight is 281 g/mol. The predicted molar refractivity (Wildman–Crippen MR) is 77.4 cm³/mol. The number of likely N-dealkylation sites (tertiary alicyclic amines) is 2. The highest BCUT2D eigenvalue weighted by Crippen LogP contribution is 2.25. The van der Waals surface area contributed by atoms with E-state index in [1.54, 1.807) is 0 Å². The van der Waals surface area contributed by atoms with Gasteiger partial charge in [-0.05, 0) is 51.6 Å². The molecule has 0 saturated carbocycles. The summed E-state index contributed by atoms with van der Waals surface area (Å²) in [6, 6.07) is 0.554. The van der Waals surface area contributed by atoms with E-state index < -0.39 is 5.54 Å². The molecule has 1 atom stereocenters. The van der Waals surface area contributed by atoms with E-state index in [1.807, 2.05) is 4.90 Å². The maximum Gasteiger partial charge on any atom is 0.242 e. The average Bonchev–Trinajstić information content (AvgIpc) is 3.02. The Morgan fingerprint density at radius 1 is 1.10 bits per heavy atom. The van der Waals surface area contributed by atoms with Crippen LogP contribution in [0.15, 0.2) is 0 Å². The minimum atomic E-state index is -0.675. The van der Waals surface area contributed by atoms with Crippen molar-refractivity contribution in [3.63, 3.8) is 0 Å². The summed E-state index contributed by atoms with van der Waals surface area (Å²) in [5, 5.41) is 0. The fourth-order valence-electron chi connectivity index (χ4n) is 3.81. The van der Waals surface area contributed by atoms with Crippen LogP contribution in [0.5, 0.6) is 0 Å². The maximum absolute atomic E-state index is 12.8. The normalized spacial score (nSPS) is 31.4. The summed E-state index contributed by atoms with van der Waals surface area (Å²) in [5.41, 5.74) is 5.67. The molecular formula is C15H27N3O2. The van der Waals surface area contributed by atoms with Gasteiger partial charge in [-0.2, -0.15) is 0 Å². The van der Waals surface area contributed by atoms with Gasteiger partial charge >= 0.3 is 0 Å². The van der Waals surface area contributed by atoms with Gasteiger partial charge in [0, 0.05) is 32.3 Å². The Bertz CT molecular complexity index is 349. The van der Waals surface area contributed by atoms with E-state index in [-0.39, 0.29) is 5.91 Å². The molecule has 3 aliphatic rings. The second kappa shape index (κ2) is 6.00. The summed E-state index contributed by atoms with van der Waals surface area (Å²) in [5.74, 6) is 0.157. The zero-order valence-electron chi connectivity index (χ0n) is 12.4. The lowest BCUT2D eigenvalue weighted by molar-refractivity contribution is -0.142. The number of rotatable bonds is 2. The quantitative estimate of drug-likeness (QED) is 0.804. The molecule has 3 rings (SSSR count). The molecule has 5 heteroatoms. The second-order valence-electron chi connectivity index (χ2n) is 6.56. The Labute approximate surface area is 121 Å². The van der Waals surface area contributed by atoms with Crippen LogP contribution in [-0.4, -0.2) is 66.7 Å². The van der Waals surface area contributed by atoms with Crippen molar-refractivity contribution in [1.29, 1.82) is 0 Å². The summed E-state index contributed by atoms with van der Waals surface area (Å²) >= 11 is 0. The van der Waals surface area contributed by atoms with Crippen molar-refractivity contribution >= 4 is 5.91 Å². The van der Waals surface area contributed by atoms with Gasteiger partial charge in [0.05, 0.1) is 5.54 Å². The lowest BCUT2D eigenvalue weighted by Crippen LogP contribution is -2.61. The zero-order chi connectivity index (χ0) is 14.0. The molecule has 0 aromatic rings. The Morgan fingerprint density at radius 2 is 1.80 bits per heavy atom. The number of hydrogen-bond donors (Lipinski definition) is 1. The number of hydrogen-bond acceptors (Lipinski definition) is 4. The fourth-order valence-corrected chi connectivity index (χ4v) is 3.81. The van der Waals surface area contributed by atoms with Crippen molar-refractivity contribution < 1.29 is 9.53 Å². The monoisotopic (exact) mass is 281 g/mol. The first kappa shape index (κ1) is 14.3. The van der Waals surface area contributed by atoms with E-state index >= 15 is 0 Å². The molecule has 20 heavy (non-hydrogen) atoms. The third kappa shape index (κ3) is 2.85. The van der Waals surface area contributed by atoms with Gasteiger partial charge in [0.2, 0.25) is 5.91 Å². The molecule has 114 valence electrons. The van der Waals surface area contributed by atoms with Crippen molar-refractivity contribution in [1.82, 2.24) is 9.80 Å². The van der Waals surface area contributed by atoms with Crippen molar-refractivity contribution in [2.45, 2.75) is 50.1 Å². The summed E-state index contributed by atoms with van der Waals surface area (Å²) < 4.78 is 5.35. The van der Waals surface area contributed by atoms with Gasteiger partial charge in [-0.15, -0.1) is 0 Å². The summed E-state index contributed by atoms with van der Waals surface area (Å²) in [6.07, 6.45) is 6.28. The molecule has 0 aromatic carbocycles. The lowest BCUT2D eigenvalue weighted by Gasteiger charge is -2.42. The van der Waals surface area contributed by atoms with Crippen LogP contribution in [0.4, 0.5) is 0 Å². The smallest absolute Gasteiger partial charge is 0.242 e. The highest BCUT2D eigenvalue weighted by molar-refractivity contribution is 5.86. The van der Waals surface area contributed by atoms with E-state index in [0.717, 1.165) is 19.5 Å². The van der Waals surface area contributed by atoms with Gasteiger partial charge in [0.1, 0.15) is 0 Å². The van der Waals surface area contributed by atoms with Crippen LogP contribution >= 0.6 is 0 Å². The summed E-state index contributed by atoms with van der Waals surface area (Å²) in [6.45, 7) is 5.39. The van der Waals surface area contributed by atoms with Crippen LogP contribution in [0.25, 0.3) is 0 Å². The number of piperidine rings is 1. The number of nitrogens with zero attached hydrogens (tertiary/aromatic N) is 2. The first-order chi connectivity index (χ1) is 9.69. The molecule has 3 fully saturated rings. The predicted octanol–water partition coefficient (Wildman–Crippen LogP) is 0.581. The van der Waals surface area contributed by atoms with Gasteiger partial charge in [-0.25, -0.2) is 0 Å². The second-order valence-corrected chi connectivity index (χ2v) is 6.56. The molecule has 0 aliphatic carbocycles. The van der Waals surface area contributed by atoms with Crippen molar-refractivity contribution in [3.05, 3.63) is 0 Å². The number of carbonyl (C=O) groups is 1. The SMILES string of the molecule is NC1(C(=O)N2CCCC(N3CCCC3)C2)CCOCC1. The Kier molecular flexibility index (Phi) is 4.29. The Morgan fingerprint density at radius 3 is 2.50 bits per heavy atom. The highest BCUT2D eigenvalue weighted by atomic mass is 16.5. The van der Waals surface area contributed by atoms with E-state index in [1.165, 1.54) is 32.4 Å². The Hall–Kier alpha value is -0.650. The number of nitrogens with two attached hydrogens (primary N) is 1. The first-order valence-electron chi connectivity index (χ1n) is 8.09. The molecule has 3 heterocycles. The van der Waals surface area contributed by atoms with E-state index in [9.17, 15) is 4.79 Å². The molecule has 5 nitrogen and oxygen atoms in total. The molecule has 2 N–H and O–H groups in total. The number of amides is 1. The maximum atomic E-state index is 12.8. The molecule has 0 radical (unpaired) electrons. The number of carbonyl (C=O) groups excluding carboxylic acids is 1. The Balaban J connectivity index is 1.62. The lowest BCUT2D eigenvalue weighted by atomic mass is 9.88. The van der Waals surface area contributed by atoms with Gasteiger partial charge in [-0.3, -0.25) is 9.69 Å². The minimum absolute atomic E-state index is 0.157. The summed E-state index contributed by atoms with van der Waals surface area (Å²) in [7, 11) is 0. The van der Waals surface area contributed by atoms with Crippen LogP contribution in [-0.2, 0) is 9.53 Å². The molecule has 0 spiro atoms. The third-order valence-electron chi connectivity index (χ3n) is 5.15. The van der Waals surface area contributed by atoms with E-state index in [2.05, 4.69) is 4.90 Å². The topological polar surface area (TPSA) is 58.8 Å². The molecule has 0 aromatic heterocycles. The van der Waals surface area contributed by atoms with Gasteiger partial charge < -0.3 is 15.4 Å². The third-order valence-corrected chi connectivity index (χ3v) is 5.15. The molecule has 1 unspecified atom stereocenters. The fraction of sp³-hybridized carbons (Fsp3) is 0.933. The standard InChI is InChI=1S/C15H27N3O2/c16-15(5-10-20-11-6-15)14(19)18-9-3-4-13(12-18)17-7-1-2-8-17/h13H,1-12,16H2. The van der Waals surface area contributed by atoms with Crippen LogP contribution in [0.3, 0.4) is 0 Å². The molecule has 0 bridgehead atoms. The van der Waals surface area contributed by atoms with Gasteiger partial charge in [0.15, 0.2) is 0 Å². The number of ether oxygens (including phenoxy) is 1. The highest BCUT2D eigenvalue weighted by Gasteiger charge is 2.40. The van der Waals surface area contributed by atoms with Crippen LogP contribution in [0.2, 0.25) is 0 Å². The van der Waals surface area contributed by atoms with Crippen molar-refractivity contribution in [2.75, 3.05) is 39.4 Å². The molecule has 3 aliphatic heterocycles. The van der Waals surface area contributed by atoms with Crippen LogP contribution in [0, 0.1) is 0 Å². The first-order valence-corrected chi connectivity index (χ1v) is 8.09. The van der Waals surface area contributed by atoms with Crippen LogP contribution in [0.1, 0.15) is 38.5 Å². The molecule has 1 amide bonds. The summed E-state index contributed by atoms with van der Waals surface area (Å²) in [4.78, 5) is 17.3. The van der Waals surface area contributed by atoms with Crippen LogP contribution < -0.4 is 5.73 Å². The van der Waals surface area contributed by atoms with E-state index in [4.69, 9.17) is 10.5 Å². The van der Waals surface area contributed by atoms with Gasteiger partial charge in [0.25, 0.3) is 0 Å². The van der Waals surface area contributed by atoms with Crippen molar-refractivity contribution in [2.24, 2.45) is 5.73 Å². The molecule has 3 saturated heterocycles. The largest absolute Gasteiger partial charge is 0.381 e. The molecular weight excluding hydrogens is 254 g/mol. The van der Waals surface area contributed by atoms with E-state index in [0.29, 0.717) is 32.1 Å². The minimum Gasteiger partial charge on any atom is -0.381 e.